The van der Waals surface area contributed by atoms with E-state index in [-0.39, 0.29) is 14.7 Å². The van der Waals surface area contributed by atoms with Crippen molar-refractivity contribution in [1.82, 2.24) is 4.98 Å². The molecule has 3 nitrogen and oxygen atoms in total. The summed E-state index contributed by atoms with van der Waals surface area (Å²) in [6.45, 7) is 1.60. The number of amides is 1. The number of carbonyl (C=O) groups excluding carboxylic acids is 1. The minimum Gasteiger partial charge on any atom is -0.366 e. The third-order valence-corrected chi connectivity index (χ3v) is 3.08. The highest BCUT2D eigenvalue weighted by molar-refractivity contribution is 14.1. The number of nitrogens with two attached hydrogens (primary N) is 1. The number of primary amides is 1. The third-order valence-electron chi connectivity index (χ3n) is 1.72. The van der Waals surface area contributed by atoms with Gasteiger partial charge in [-0.05, 0) is 29.5 Å². The van der Waals surface area contributed by atoms with Crippen LogP contribution in [0.3, 0.4) is 0 Å². The number of aromatic nitrogens is 1. The first-order valence-corrected chi connectivity index (χ1v) is 4.76. The molecule has 1 aromatic rings. The maximum atomic E-state index is 12.6. The van der Waals surface area contributed by atoms with E-state index >= 15 is 0 Å². The molecule has 0 spiro atoms. The first kappa shape index (κ1) is 11.3. The first-order chi connectivity index (χ1) is 6.45. The lowest BCUT2D eigenvalue weighted by atomic mass is 10.1. The van der Waals surface area contributed by atoms with E-state index in [1.807, 2.05) is 0 Å². The van der Waals surface area contributed by atoms with Gasteiger partial charge in [0, 0.05) is 15.3 Å². The summed E-state index contributed by atoms with van der Waals surface area (Å²) in [4.78, 5) is 14.6. The topological polar surface area (TPSA) is 56.0 Å². The van der Waals surface area contributed by atoms with Gasteiger partial charge in [0.25, 0.3) is 12.3 Å². The van der Waals surface area contributed by atoms with Gasteiger partial charge in [-0.2, -0.15) is 0 Å². The van der Waals surface area contributed by atoms with E-state index in [0.29, 0.717) is 5.69 Å². The molecule has 6 heteroatoms. The number of hydrogen-bond donors (Lipinski definition) is 1. The molecule has 0 aliphatic carbocycles. The van der Waals surface area contributed by atoms with Gasteiger partial charge in [-0.15, -0.1) is 0 Å². The maximum absolute atomic E-state index is 12.6. The summed E-state index contributed by atoms with van der Waals surface area (Å²) >= 11 is 1.73. The molecule has 1 amide bonds. The summed E-state index contributed by atoms with van der Waals surface area (Å²) in [6.07, 6.45) is -1.63. The molecule has 0 atom stereocenters. The molecule has 1 rings (SSSR count). The number of nitrogens with zero attached hydrogens (tertiary/aromatic N) is 1. The summed E-state index contributed by atoms with van der Waals surface area (Å²) in [6, 6.07) is 0. The Morgan fingerprint density at radius 3 is 2.64 bits per heavy atom. The molecule has 1 aromatic heterocycles. The summed E-state index contributed by atoms with van der Waals surface area (Å²) in [5.41, 5.74) is 4.88. The van der Waals surface area contributed by atoms with Gasteiger partial charge in [0.1, 0.15) is 0 Å². The van der Waals surface area contributed by atoms with Crippen LogP contribution in [0, 0.1) is 10.5 Å². The molecule has 0 saturated carbocycles. The number of hydrogen-bond acceptors (Lipinski definition) is 2. The van der Waals surface area contributed by atoms with Gasteiger partial charge in [0.2, 0.25) is 0 Å². The molecule has 0 radical (unpaired) electrons. The Labute approximate surface area is 92.8 Å². The highest BCUT2D eigenvalue weighted by atomic mass is 127. The van der Waals surface area contributed by atoms with Crippen LogP contribution in [0.2, 0.25) is 0 Å². The van der Waals surface area contributed by atoms with E-state index in [4.69, 9.17) is 5.73 Å². The Kier molecular flexibility index (Phi) is 3.35. The van der Waals surface area contributed by atoms with E-state index < -0.39 is 12.3 Å². The lowest BCUT2D eigenvalue weighted by molar-refractivity contribution is 0.0985. The normalized spacial score (nSPS) is 10.6. The predicted molar refractivity (Wildman–Crippen MR) is 55.2 cm³/mol. The molecule has 0 aliphatic heterocycles. The SMILES string of the molecule is Cc1ncc(C(N)=O)c(C(F)F)c1I. The van der Waals surface area contributed by atoms with Gasteiger partial charge in [-0.25, -0.2) is 8.78 Å². The smallest absolute Gasteiger partial charge is 0.265 e. The zero-order valence-corrected chi connectivity index (χ0v) is 9.38. The third kappa shape index (κ3) is 1.99. The van der Waals surface area contributed by atoms with Crippen molar-refractivity contribution >= 4 is 28.5 Å². The van der Waals surface area contributed by atoms with Crippen molar-refractivity contribution in [2.75, 3.05) is 0 Å². The van der Waals surface area contributed by atoms with Crippen molar-refractivity contribution in [3.05, 3.63) is 26.6 Å². The van der Waals surface area contributed by atoms with Crippen LogP contribution in [-0.4, -0.2) is 10.9 Å². The summed E-state index contributed by atoms with van der Waals surface area (Å²) in [7, 11) is 0. The molecule has 2 N–H and O–H groups in total. The maximum Gasteiger partial charge on any atom is 0.265 e. The summed E-state index contributed by atoms with van der Waals surface area (Å²) in [5, 5.41) is 0. The van der Waals surface area contributed by atoms with E-state index in [0.717, 1.165) is 6.20 Å². The van der Waals surface area contributed by atoms with Crippen LogP contribution < -0.4 is 5.73 Å². The van der Waals surface area contributed by atoms with Crippen LogP contribution in [0.25, 0.3) is 0 Å². The zero-order valence-electron chi connectivity index (χ0n) is 7.22. The molecular weight excluding hydrogens is 305 g/mol. The van der Waals surface area contributed by atoms with Gasteiger partial charge in [0.15, 0.2) is 0 Å². The summed E-state index contributed by atoms with van der Waals surface area (Å²) in [5.74, 6) is -0.884. The van der Waals surface area contributed by atoms with E-state index in [2.05, 4.69) is 4.98 Å². The fourth-order valence-electron chi connectivity index (χ4n) is 1.01. The predicted octanol–water partition coefficient (Wildman–Crippen LogP) is 2.03. The quantitative estimate of drug-likeness (QED) is 0.850. The molecule has 0 unspecified atom stereocenters. The highest BCUT2D eigenvalue weighted by Crippen LogP contribution is 2.28. The van der Waals surface area contributed by atoms with Crippen molar-refractivity contribution in [1.29, 1.82) is 0 Å². The van der Waals surface area contributed by atoms with Crippen LogP contribution >= 0.6 is 22.6 Å². The number of pyridine rings is 1. The van der Waals surface area contributed by atoms with Crippen LogP contribution in [0.4, 0.5) is 8.78 Å². The molecule has 1 heterocycles. The monoisotopic (exact) mass is 312 g/mol. The fourth-order valence-corrected chi connectivity index (χ4v) is 1.68. The van der Waals surface area contributed by atoms with Gasteiger partial charge in [-0.1, -0.05) is 0 Å². The Balaban J connectivity index is 3.45. The van der Waals surface area contributed by atoms with Gasteiger partial charge >= 0.3 is 0 Å². The van der Waals surface area contributed by atoms with Crippen LogP contribution in [0.5, 0.6) is 0 Å². The number of rotatable bonds is 2. The number of carbonyl (C=O) groups is 1. The second-order valence-electron chi connectivity index (χ2n) is 2.65. The molecule has 76 valence electrons. The van der Waals surface area contributed by atoms with E-state index in [9.17, 15) is 13.6 Å². The molecule has 0 aromatic carbocycles. The van der Waals surface area contributed by atoms with Gasteiger partial charge in [0.05, 0.1) is 11.3 Å². The Morgan fingerprint density at radius 1 is 1.64 bits per heavy atom. The molecule has 0 aliphatic rings. The fraction of sp³-hybridized carbons (Fsp3) is 0.250. The lowest BCUT2D eigenvalue weighted by Gasteiger charge is -2.09. The van der Waals surface area contributed by atoms with Crippen molar-refractivity contribution in [3.63, 3.8) is 0 Å². The average Bonchev–Trinajstić information content (AvgIpc) is 2.08. The van der Waals surface area contributed by atoms with E-state index in [1.54, 1.807) is 29.5 Å². The number of halogens is 3. The zero-order chi connectivity index (χ0) is 10.9. The minimum atomic E-state index is -2.72. The van der Waals surface area contributed by atoms with Crippen LogP contribution in [0.15, 0.2) is 6.20 Å². The van der Waals surface area contributed by atoms with Crippen molar-refractivity contribution in [3.8, 4) is 0 Å². The van der Waals surface area contributed by atoms with Crippen molar-refractivity contribution < 1.29 is 13.6 Å². The minimum absolute atomic E-state index is 0.213. The van der Waals surface area contributed by atoms with Crippen molar-refractivity contribution in [2.24, 2.45) is 5.73 Å². The molecule has 0 saturated heterocycles. The van der Waals surface area contributed by atoms with E-state index in [1.165, 1.54) is 0 Å². The largest absolute Gasteiger partial charge is 0.366 e. The number of aryl methyl sites for hydroxylation is 1. The molecule has 0 bridgehead atoms. The standard InChI is InChI=1S/C8H7F2IN2O/c1-3-6(11)5(7(9)10)4(2-13-3)8(12)14/h2,7H,1H3,(H2,12,14). The second kappa shape index (κ2) is 4.16. The second-order valence-corrected chi connectivity index (χ2v) is 3.73. The van der Waals surface area contributed by atoms with Crippen molar-refractivity contribution in [2.45, 2.75) is 13.3 Å². The first-order valence-electron chi connectivity index (χ1n) is 3.68. The van der Waals surface area contributed by atoms with Crippen LogP contribution in [0.1, 0.15) is 28.0 Å². The lowest BCUT2D eigenvalue weighted by Crippen LogP contribution is -2.16. The van der Waals surface area contributed by atoms with Gasteiger partial charge in [-0.3, -0.25) is 9.78 Å². The summed E-state index contributed by atoms with van der Waals surface area (Å²) < 4.78 is 25.5. The average molecular weight is 312 g/mol. The Morgan fingerprint density at radius 2 is 2.21 bits per heavy atom. The van der Waals surface area contributed by atoms with Gasteiger partial charge < -0.3 is 5.73 Å². The molecule has 14 heavy (non-hydrogen) atoms. The Hall–Kier alpha value is -0.790. The number of alkyl halides is 2. The molecular formula is C8H7F2IN2O. The highest BCUT2D eigenvalue weighted by Gasteiger charge is 2.21. The Bertz CT molecular complexity index is 382. The molecule has 0 fully saturated rings. The van der Waals surface area contributed by atoms with Crippen LogP contribution in [-0.2, 0) is 0 Å².